The number of nitrogens with zero attached hydrogens (tertiary/aromatic N) is 1. The minimum Gasteiger partial charge on any atom is -0.507 e. The van der Waals surface area contributed by atoms with Gasteiger partial charge in [0.15, 0.2) is 6.29 Å². The fourth-order valence-corrected chi connectivity index (χ4v) is 2.35. The van der Waals surface area contributed by atoms with Crippen LogP contribution in [0.5, 0.6) is 5.75 Å². The van der Waals surface area contributed by atoms with Gasteiger partial charge in [0.1, 0.15) is 17.3 Å². The Morgan fingerprint density at radius 1 is 1.36 bits per heavy atom. The largest absolute Gasteiger partial charge is 0.507 e. The summed E-state index contributed by atoms with van der Waals surface area (Å²) < 4.78 is 24.0. The Morgan fingerprint density at radius 3 is 2.82 bits per heavy atom. The van der Waals surface area contributed by atoms with Gasteiger partial charge in [0, 0.05) is 17.8 Å². The Hall–Kier alpha value is -2.02. The van der Waals surface area contributed by atoms with E-state index in [2.05, 4.69) is 4.98 Å². The highest BCUT2D eigenvalue weighted by atomic mass is 35.5. The molecule has 2 heterocycles. The summed E-state index contributed by atoms with van der Waals surface area (Å²) >= 11 is 5.68. The van der Waals surface area contributed by atoms with Gasteiger partial charge in [-0.15, -0.1) is 0 Å². The van der Waals surface area contributed by atoms with E-state index < -0.39 is 23.6 Å². The number of ketones is 1. The molecular formula is C15H11ClFNO4. The summed E-state index contributed by atoms with van der Waals surface area (Å²) in [4.78, 5) is 16.6. The maximum absolute atomic E-state index is 13.3. The van der Waals surface area contributed by atoms with Crippen molar-refractivity contribution in [3.05, 3.63) is 58.1 Å². The first kappa shape index (κ1) is 14.9. The van der Waals surface area contributed by atoms with Crippen molar-refractivity contribution in [3.8, 4) is 5.75 Å². The number of aromatic hydroxyl groups is 1. The second-order valence-corrected chi connectivity index (χ2v) is 5.03. The molecule has 1 saturated heterocycles. The average Bonchev–Trinajstić information content (AvgIpc) is 3.04. The Morgan fingerprint density at radius 2 is 2.09 bits per heavy atom. The van der Waals surface area contributed by atoms with Gasteiger partial charge in [-0.1, -0.05) is 17.7 Å². The number of rotatable bonds is 3. The molecule has 1 aliphatic heterocycles. The number of carbonyl (C=O) groups is 1. The highest BCUT2D eigenvalue weighted by molar-refractivity contribution is 6.31. The number of aromatic nitrogens is 1. The summed E-state index contributed by atoms with van der Waals surface area (Å²) in [6.45, 7) is 0.835. The molecule has 2 aromatic rings. The van der Waals surface area contributed by atoms with Crippen LogP contribution in [0.25, 0.3) is 0 Å². The average molecular weight is 324 g/mol. The lowest BCUT2D eigenvalue weighted by atomic mass is 10.0. The molecule has 1 fully saturated rings. The number of ether oxygens (including phenoxy) is 2. The number of hydrogen-bond donors (Lipinski definition) is 1. The molecule has 0 atom stereocenters. The van der Waals surface area contributed by atoms with Gasteiger partial charge >= 0.3 is 0 Å². The first-order valence-corrected chi connectivity index (χ1v) is 6.86. The van der Waals surface area contributed by atoms with Crippen molar-refractivity contribution < 1.29 is 23.8 Å². The zero-order chi connectivity index (χ0) is 15.7. The van der Waals surface area contributed by atoms with E-state index >= 15 is 0 Å². The first-order chi connectivity index (χ1) is 10.6. The molecule has 7 heteroatoms. The number of pyridine rings is 1. The molecule has 22 heavy (non-hydrogen) atoms. The topological polar surface area (TPSA) is 68.7 Å². The fraction of sp³-hybridized carbons (Fsp3) is 0.200. The third-order valence-corrected chi connectivity index (χ3v) is 3.50. The molecule has 0 bridgehead atoms. The molecule has 0 spiro atoms. The van der Waals surface area contributed by atoms with E-state index in [1.165, 1.54) is 6.20 Å². The second-order valence-electron chi connectivity index (χ2n) is 4.63. The molecule has 0 radical (unpaired) electrons. The van der Waals surface area contributed by atoms with Crippen molar-refractivity contribution in [2.24, 2.45) is 0 Å². The Labute approximate surface area is 130 Å². The fourth-order valence-electron chi connectivity index (χ4n) is 2.18. The van der Waals surface area contributed by atoms with Crippen molar-refractivity contribution in [2.75, 3.05) is 13.2 Å². The summed E-state index contributed by atoms with van der Waals surface area (Å²) in [5, 5.41) is 9.54. The quantitative estimate of drug-likeness (QED) is 0.880. The molecule has 1 N–H and O–H groups in total. The molecule has 1 aliphatic rings. The highest BCUT2D eigenvalue weighted by Crippen LogP contribution is 2.30. The van der Waals surface area contributed by atoms with Gasteiger partial charge in [0.05, 0.1) is 23.8 Å². The molecule has 1 aromatic heterocycles. The molecule has 0 amide bonds. The standard InChI is InChI=1S/C15H11ClFNO4/c16-10-6-9(12(19)7-11(10)17)14(20)13-8(2-1-3-18-13)15-21-4-5-22-15/h1-3,6-7,15,19H,4-5H2. The van der Waals surface area contributed by atoms with Crippen molar-refractivity contribution in [3.63, 3.8) is 0 Å². The van der Waals surface area contributed by atoms with Gasteiger partial charge < -0.3 is 14.6 Å². The normalized spacial score (nSPS) is 15.2. The number of carbonyl (C=O) groups excluding carboxylic acids is 1. The minimum atomic E-state index is -0.806. The van der Waals surface area contributed by atoms with Crippen LogP contribution in [-0.4, -0.2) is 29.1 Å². The third kappa shape index (κ3) is 2.68. The van der Waals surface area contributed by atoms with Gasteiger partial charge in [-0.25, -0.2) is 4.39 Å². The van der Waals surface area contributed by atoms with E-state index in [0.29, 0.717) is 18.8 Å². The molecule has 0 saturated carbocycles. The monoisotopic (exact) mass is 323 g/mol. The van der Waals surface area contributed by atoms with Crippen molar-refractivity contribution >= 4 is 17.4 Å². The van der Waals surface area contributed by atoms with E-state index in [1.807, 2.05) is 0 Å². The summed E-state index contributed by atoms with van der Waals surface area (Å²) in [6.07, 6.45) is 0.749. The maximum Gasteiger partial charge on any atom is 0.215 e. The number of benzene rings is 1. The molecule has 1 aromatic carbocycles. The van der Waals surface area contributed by atoms with Crippen LogP contribution < -0.4 is 0 Å². The van der Waals surface area contributed by atoms with Crippen LogP contribution in [0.4, 0.5) is 4.39 Å². The van der Waals surface area contributed by atoms with E-state index in [-0.39, 0.29) is 16.3 Å². The summed E-state index contributed by atoms with van der Waals surface area (Å²) in [5.74, 6) is -1.90. The highest BCUT2D eigenvalue weighted by Gasteiger charge is 2.27. The van der Waals surface area contributed by atoms with Gasteiger partial charge in [-0.05, 0) is 12.1 Å². The molecule has 0 unspecified atom stereocenters. The maximum atomic E-state index is 13.3. The lowest BCUT2D eigenvalue weighted by Gasteiger charge is -2.13. The van der Waals surface area contributed by atoms with Crippen LogP contribution in [0.2, 0.25) is 5.02 Å². The number of phenolic OH excluding ortho intramolecular Hbond substituents is 1. The van der Waals surface area contributed by atoms with Gasteiger partial charge in [0.25, 0.3) is 0 Å². The molecule has 3 rings (SSSR count). The van der Waals surface area contributed by atoms with Gasteiger partial charge in [-0.3, -0.25) is 9.78 Å². The van der Waals surface area contributed by atoms with Crippen molar-refractivity contribution in [1.82, 2.24) is 4.98 Å². The van der Waals surface area contributed by atoms with Gasteiger partial charge in [-0.2, -0.15) is 0 Å². The number of phenols is 1. The predicted molar refractivity (Wildman–Crippen MR) is 75.4 cm³/mol. The summed E-state index contributed by atoms with van der Waals surface area (Å²) in [5.41, 5.74) is 0.376. The number of halogens is 2. The van der Waals surface area contributed by atoms with Crippen LogP contribution in [0.1, 0.15) is 27.9 Å². The number of hydrogen-bond acceptors (Lipinski definition) is 5. The van der Waals surface area contributed by atoms with Crippen LogP contribution in [0, 0.1) is 5.82 Å². The van der Waals surface area contributed by atoms with Crippen molar-refractivity contribution in [2.45, 2.75) is 6.29 Å². The van der Waals surface area contributed by atoms with Crippen molar-refractivity contribution in [1.29, 1.82) is 0 Å². The summed E-state index contributed by atoms with van der Waals surface area (Å²) in [6, 6.07) is 5.16. The SMILES string of the molecule is O=C(c1cc(Cl)c(F)cc1O)c1ncccc1C1OCCO1. The molecule has 114 valence electrons. The molecule has 0 aliphatic carbocycles. The van der Waals surface area contributed by atoms with E-state index in [4.69, 9.17) is 21.1 Å². The zero-order valence-corrected chi connectivity index (χ0v) is 12.0. The smallest absolute Gasteiger partial charge is 0.215 e. The lowest BCUT2D eigenvalue weighted by molar-refractivity contribution is -0.0447. The Balaban J connectivity index is 2.04. The Bertz CT molecular complexity index is 731. The lowest BCUT2D eigenvalue weighted by Crippen LogP contribution is -2.12. The van der Waals surface area contributed by atoms with E-state index in [0.717, 1.165) is 12.1 Å². The minimum absolute atomic E-state index is 0.0624. The molecule has 5 nitrogen and oxygen atoms in total. The van der Waals surface area contributed by atoms with Crippen LogP contribution in [0.15, 0.2) is 30.5 Å². The van der Waals surface area contributed by atoms with Gasteiger partial charge in [0.2, 0.25) is 5.78 Å². The predicted octanol–water partition coefficient (Wildman–Crippen LogP) is 2.86. The molecular weight excluding hydrogens is 313 g/mol. The van der Waals surface area contributed by atoms with Crippen LogP contribution in [0.3, 0.4) is 0 Å². The third-order valence-electron chi connectivity index (χ3n) is 3.21. The Kier molecular flexibility index (Phi) is 4.06. The van der Waals surface area contributed by atoms with E-state index in [9.17, 15) is 14.3 Å². The van der Waals surface area contributed by atoms with Crippen LogP contribution in [-0.2, 0) is 9.47 Å². The zero-order valence-electron chi connectivity index (χ0n) is 11.3. The summed E-state index contributed by atoms with van der Waals surface area (Å²) in [7, 11) is 0. The first-order valence-electron chi connectivity index (χ1n) is 6.48. The van der Waals surface area contributed by atoms with E-state index in [1.54, 1.807) is 12.1 Å². The second kappa shape index (κ2) is 6.00. The van der Waals surface area contributed by atoms with Crippen LogP contribution >= 0.6 is 11.6 Å².